The Morgan fingerprint density at radius 2 is 2.12 bits per heavy atom. The largest absolute Gasteiger partial charge is 0.508 e. The predicted octanol–water partition coefficient (Wildman–Crippen LogP) is 1.85. The summed E-state index contributed by atoms with van der Waals surface area (Å²) >= 11 is 0. The molecule has 2 unspecified atom stereocenters. The van der Waals surface area contributed by atoms with Gasteiger partial charge in [0.2, 0.25) is 0 Å². The van der Waals surface area contributed by atoms with E-state index in [0.717, 1.165) is 48.5 Å². The molecule has 5 N–H and O–H groups in total. The molecule has 0 aromatic heterocycles. The second-order valence-corrected chi connectivity index (χ2v) is 6.67. The van der Waals surface area contributed by atoms with Crippen LogP contribution in [0.15, 0.2) is 51.9 Å². The van der Waals surface area contributed by atoms with Crippen LogP contribution in [0.3, 0.4) is 0 Å². The van der Waals surface area contributed by atoms with Crippen molar-refractivity contribution in [2.75, 3.05) is 13.2 Å². The van der Waals surface area contributed by atoms with E-state index in [2.05, 4.69) is 17.3 Å². The number of hydrazine groups is 1. The van der Waals surface area contributed by atoms with Crippen LogP contribution in [0.4, 0.5) is 0 Å². The first kappa shape index (κ1) is 16.8. The molecule has 1 saturated heterocycles. The Morgan fingerprint density at radius 1 is 1.42 bits per heavy atom. The number of fused-ring (bicyclic) bond motifs is 1. The molecule has 6 heteroatoms. The van der Waals surface area contributed by atoms with Crippen LogP contribution < -0.4 is 16.6 Å². The summed E-state index contributed by atoms with van der Waals surface area (Å²) in [5.74, 6) is 6.61. The molecule has 24 heavy (non-hydrogen) atoms. The smallest absolute Gasteiger partial charge is 0.145 e. The number of aliphatic hydroxyl groups is 1. The summed E-state index contributed by atoms with van der Waals surface area (Å²) in [6.45, 7) is 9.55. The van der Waals surface area contributed by atoms with Gasteiger partial charge in [0.25, 0.3) is 0 Å². The van der Waals surface area contributed by atoms with Crippen LogP contribution in [-0.4, -0.2) is 36.2 Å². The Bertz CT molecular complexity index is 654. The topological polar surface area (TPSA) is 91.9 Å². The molecule has 130 valence electrons. The first-order valence-electron chi connectivity index (χ1n) is 8.39. The number of nitrogens with two attached hydrogens (primary N) is 1. The van der Waals surface area contributed by atoms with E-state index in [1.54, 1.807) is 6.08 Å². The highest BCUT2D eigenvalue weighted by atomic mass is 16.5. The van der Waals surface area contributed by atoms with E-state index in [1.807, 2.05) is 19.9 Å². The number of amidine groups is 1. The minimum atomic E-state index is -0.0719. The molecule has 2 aliphatic heterocycles. The van der Waals surface area contributed by atoms with Crippen molar-refractivity contribution in [2.45, 2.75) is 38.8 Å². The summed E-state index contributed by atoms with van der Waals surface area (Å²) in [4.78, 5) is 4.76. The molecule has 1 fully saturated rings. The minimum absolute atomic E-state index is 0.0401. The van der Waals surface area contributed by atoms with Gasteiger partial charge in [0.05, 0.1) is 6.04 Å². The number of nitrogens with one attached hydrogen (secondary N) is 2. The molecular formula is C18H26N4O2. The maximum absolute atomic E-state index is 10.1. The summed E-state index contributed by atoms with van der Waals surface area (Å²) in [5, 5.41) is 13.8. The Labute approximate surface area is 142 Å². The van der Waals surface area contributed by atoms with E-state index in [1.165, 1.54) is 0 Å². The molecule has 0 saturated carbocycles. The van der Waals surface area contributed by atoms with Gasteiger partial charge in [-0.15, -0.1) is 0 Å². The lowest BCUT2D eigenvalue weighted by atomic mass is 9.81. The fraction of sp³-hybridized carbons (Fsp3) is 0.500. The van der Waals surface area contributed by atoms with Crippen LogP contribution in [0, 0.1) is 5.92 Å². The van der Waals surface area contributed by atoms with Crippen molar-refractivity contribution in [3.8, 4) is 0 Å². The molecule has 2 atom stereocenters. The van der Waals surface area contributed by atoms with Gasteiger partial charge >= 0.3 is 0 Å². The number of ether oxygens (including phenoxy) is 1. The van der Waals surface area contributed by atoms with Gasteiger partial charge in [0.1, 0.15) is 11.6 Å². The van der Waals surface area contributed by atoms with Gasteiger partial charge in [-0.2, -0.15) is 0 Å². The van der Waals surface area contributed by atoms with Crippen LogP contribution >= 0.6 is 0 Å². The zero-order valence-corrected chi connectivity index (χ0v) is 14.3. The molecule has 0 amide bonds. The lowest BCUT2D eigenvalue weighted by molar-refractivity contribution is 0.0796. The standard InChI is InChI=1S/C18H26N4O2/c1-10(2)15-17(20-12-4-6-24-7-5-12)14-9-13(23)8-11(3)16(14)21-18(15)22-19/h8-9,12,14,16,20,23H,1,4-7,19H2,2-3H3,(H,21,22). The lowest BCUT2D eigenvalue weighted by Crippen LogP contribution is -2.46. The second kappa shape index (κ2) is 6.83. The van der Waals surface area contributed by atoms with Gasteiger partial charge in [-0.3, -0.25) is 4.99 Å². The number of rotatable bonds is 3. The Hall–Kier alpha value is -2.05. The maximum Gasteiger partial charge on any atom is 0.145 e. The molecule has 0 aromatic carbocycles. The van der Waals surface area contributed by atoms with Crippen molar-refractivity contribution in [2.24, 2.45) is 16.8 Å². The Balaban J connectivity index is 2.03. The molecule has 0 aromatic rings. The number of aliphatic imine (C=N–C) groups is 1. The highest BCUT2D eigenvalue weighted by Crippen LogP contribution is 2.36. The minimum Gasteiger partial charge on any atom is -0.508 e. The number of aliphatic hydroxyl groups excluding tert-OH is 1. The molecule has 2 heterocycles. The summed E-state index contributed by atoms with van der Waals surface area (Å²) < 4.78 is 5.46. The number of hydrogen-bond acceptors (Lipinski definition) is 6. The third-order valence-electron chi connectivity index (χ3n) is 4.78. The first-order valence-corrected chi connectivity index (χ1v) is 8.39. The van der Waals surface area contributed by atoms with Crippen LogP contribution in [0.5, 0.6) is 0 Å². The van der Waals surface area contributed by atoms with Crippen molar-refractivity contribution >= 4 is 5.84 Å². The highest BCUT2D eigenvalue weighted by molar-refractivity contribution is 6.03. The van der Waals surface area contributed by atoms with Crippen molar-refractivity contribution < 1.29 is 9.84 Å². The molecule has 6 nitrogen and oxygen atoms in total. The molecular weight excluding hydrogens is 304 g/mol. The molecule has 0 radical (unpaired) electrons. The van der Waals surface area contributed by atoms with E-state index in [0.29, 0.717) is 11.9 Å². The molecule has 0 bridgehead atoms. The van der Waals surface area contributed by atoms with Crippen LogP contribution in [-0.2, 0) is 4.74 Å². The summed E-state index contributed by atoms with van der Waals surface area (Å²) in [6.07, 6.45) is 5.53. The maximum atomic E-state index is 10.1. The quantitative estimate of drug-likeness (QED) is 0.468. The van der Waals surface area contributed by atoms with E-state index < -0.39 is 0 Å². The predicted molar refractivity (Wildman–Crippen MR) is 95.3 cm³/mol. The average Bonchev–Trinajstić information content (AvgIpc) is 2.55. The third kappa shape index (κ3) is 3.12. The zero-order valence-electron chi connectivity index (χ0n) is 14.3. The molecule has 3 aliphatic rings. The number of hydrogen-bond donors (Lipinski definition) is 4. The van der Waals surface area contributed by atoms with E-state index >= 15 is 0 Å². The summed E-state index contributed by atoms with van der Waals surface area (Å²) in [7, 11) is 0. The van der Waals surface area contributed by atoms with Crippen LogP contribution in [0.25, 0.3) is 0 Å². The second-order valence-electron chi connectivity index (χ2n) is 6.67. The summed E-state index contributed by atoms with van der Waals surface area (Å²) in [6, 6.07) is 0.264. The van der Waals surface area contributed by atoms with Crippen molar-refractivity contribution in [1.82, 2.24) is 10.7 Å². The third-order valence-corrected chi connectivity index (χ3v) is 4.78. The normalized spacial score (nSPS) is 27.7. The van der Waals surface area contributed by atoms with Gasteiger partial charge < -0.3 is 20.6 Å². The van der Waals surface area contributed by atoms with Crippen molar-refractivity contribution in [3.05, 3.63) is 46.9 Å². The molecule has 1 aliphatic carbocycles. The number of nitrogens with zero attached hydrogens (tertiary/aromatic N) is 1. The van der Waals surface area contributed by atoms with Crippen molar-refractivity contribution in [1.29, 1.82) is 0 Å². The molecule has 0 spiro atoms. The monoisotopic (exact) mass is 330 g/mol. The van der Waals surface area contributed by atoms with E-state index in [-0.39, 0.29) is 17.7 Å². The van der Waals surface area contributed by atoms with Crippen LogP contribution in [0.2, 0.25) is 0 Å². The summed E-state index contributed by atoms with van der Waals surface area (Å²) in [5.41, 5.74) is 6.56. The van der Waals surface area contributed by atoms with Gasteiger partial charge in [-0.25, -0.2) is 5.84 Å². The first-order chi connectivity index (χ1) is 11.5. The fourth-order valence-corrected chi connectivity index (χ4v) is 3.62. The van der Waals surface area contributed by atoms with Gasteiger partial charge in [0, 0.05) is 36.4 Å². The van der Waals surface area contributed by atoms with Gasteiger partial charge in [-0.1, -0.05) is 6.58 Å². The zero-order chi connectivity index (χ0) is 17.3. The number of dihydropyridines is 1. The fourth-order valence-electron chi connectivity index (χ4n) is 3.62. The van der Waals surface area contributed by atoms with Crippen molar-refractivity contribution in [3.63, 3.8) is 0 Å². The Kier molecular flexibility index (Phi) is 4.78. The molecule has 3 rings (SSSR count). The van der Waals surface area contributed by atoms with Gasteiger partial charge in [-0.05, 0) is 50.0 Å². The highest BCUT2D eigenvalue weighted by Gasteiger charge is 2.36. The SMILES string of the molecule is C=C(C)C1=C(NC2CCOCC2)C2C=C(O)C=C(C)C2N=C1NN. The van der Waals surface area contributed by atoms with Crippen LogP contribution in [0.1, 0.15) is 26.7 Å². The average molecular weight is 330 g/mol. The van der Waals surface area contributed by atoms with E-state index in [4.69, 9.17) is 15.6 Å². The van der Waals surface area contributed by atoms with Gasteiger partial charge in [0.15, 0.2) is 0 Å². The van der Waals surface area contributed by atoms with E-state index in [9.17, 15) is 5.11 Å². The lowest BCUT2D eigenvalue weighted by Gasteiger charge is -2.37. The number of allylic oxidation sites excluding steroid dienone is 1. The Morgan fingerprint density at radius 3 is 2.75 bits per heavy atom.